The van der Waals surface area contributed by atoms with Crippen molar-refractivity contribution in [1.29, 1.82) is 0 Å². The molecule has 31 heavy (non-hydrogen) atoms. The Morgan fingerprint density at radius 1 is 1.19 bits per heavy atom. The van der Waals surface area contributed by atoms with Gasteiger partial charge in [-0.3, -0.25) is 14.5 Å². The lowest BCUT2D eigenvalue weighted by Crippen LogP contribution is -3.00. The Labute approximate surface area is 193 Å². The summed E-state index contributed by atoms with van der Waals surface area (Å²) in [6.07, 6.45) is 3.22. The van der Waals surface area contributed by atoms with Crippen molar-refractivity contribution in [1.82, 2.24) is 9.80 Å². The van der Waals surface area contributed by atoms with Crippen molar-refractivity contribution in [2.75, 3.05) is 25.0 Å². The first-order chi connectivity index (χ1) is 14.3. The van der Waals surface area contributed by atoms with Crippen LogP contribution >= 0.6 is 11.6 Å². The molecule has 2 aromatic rings. The third-order valence-electron chi connectivity index (χ3n) is 5.05. The van der Waals surface area contributed by atoms with E-state index in [1.807, 2.05) is 11.8 Å². The number of carbonyl (C=O) groups is 2. The zero-order chi connectivity index (χ0) is 21.7. The Hall–Kier alpha value is -2.41. The topological polar surface area (TPSA) is 52.7 Å². The molecule has 5 nitrogen and oxygen atoms in total. The third-order valence-corrected chi connectivity index (χ3v) is 5.28. The minimum Gasteiger partial charge on any atom is -1.00 e. The first-order valence-corrected chi connectivity index (χ1v) is 10.2. The van der Waals surface area contributed by atoms with Crippen molar-refractivity contribution in [3.05, 3.63) is 70.5 Å². The van der Waals surface area contributed by atoms with Gasteiger partial charge < -0.3 is 22.6 Å². The first kappa shape index (κ1) is 24.9. The Balaban J connectivity index is 0.00000341. The summed E-state index contributed by atoms with van der Waals surface area (Å²) >= 11 is 6.01. The summed E-state index contributed by atoms with van der Waals surface area (Å²) in [4.78, 5) is 28.3. The molecule has 1 heterocycles. The minimum absolute atomic E-state index is 0. The molecule has 0 spiro atoms. The molecule has 2 aromatic carbocycles. The van der Waals surface area contributed by atoms with Gasteiger partial charge in [-0.25, -0.2) is 4.39 Å². The highest BCUT2D eigenvalue weighted by atomic mass is 35.5. The number of hydrogen-bond acceptors (Lipinski definition) is 3. The lowest BCUT2D eigenvalue weighted by molar-refractivity contribution is -0.130. The molecule has 1 fully saturated rings. The monoisotopic (exact) mass is 464 g/mol. The molecule has 1 saturated heterocycles. The number of rotatable bonds is 5. The summed E-state index contributed by atoms with van der Waals surface area (Å²) in [6, 6.07) is 11.7. The van der Waals surface area contributed by atoms with Gasteiger partial charge in [0.25, 0.3) is 0 Å². The second kappa shape index (κ2) is 11.3. The highest BCUT2D eigenvalue weighted by Gasteiger charge is 2.26. The van der Waals surface area contributed by atoms with Gasteiger partial charge in [-0.15, -0.1) is 0 Å². The molecule has 1 unspecified atom stereocenters. The number of piperazine rings is 1. The number of anilines is 1. The zero-order valence-electron chi connectivity index (χ0n) is 17.4. The average Bonchev–Trinajstić information content (AvgIpc) is 2.68. The Morgan fingerprint density at radius 3 is 2.55 bits per heavy atom. The van der Waals surface area contributed by atoms with E-state index >= 15 is 0 Å². The summed E-state index contributed by atoms with van der Waals surface area (Å²) in [5.74, 6) is -0.520. The zero-order valence-corrected chi connectivity index (χ0v) is 19.0. The summed E-state index contributed by atoms with van der Waals surface area (Å²) in [7, 11) is 0. The van der Waals surface area contributed by atoms with E-state index in [2.05, 4.69) is 10.2 Å². The van der Waals surface area contributed by atoms with Crippen molar-refractivity contribution >= 4 is 35.2 Å². The maximum atomic E-state index is 13.1. The van der Waals surface area contributed by atoms with Gasteiger partial charge in [0.05, 0.1) is 0 Å². The second-order valence-electron chi connectivity index (χ2n) is 7.49. The largest absolute Gasteiger partial charge is 1.00 e. The second-order valence-corrected chi connectivity index (χ2v) is 7.92. The summed E-state index contributed by atoms with van der Waals surface area (Å²) < 4.78 is 13.1. The maximum Gasteiger partial charge on any atom is 0.246 e. The Kier molecular flexibility index (Phi) is 9.04. The molecule has 0 bridgehead atoms. The van der Waals surface area contributed by atoms with Crippen LogP contribution in [0.5, 0.6) is 0 Å². The molecule has 1 N–H and O–H groups in total. The first-order valence-electron chi connectivity index (χ1n) is 9.84. The predicted molar refractivity (Wildman–Crippen MR) is 118 cm³/mol. The SMILES string of the molecule is CC(=O)Nc1cc(Cl)ccc1C=CC(=O)N1CCN(Cc2ccc(F)cc2)CC1C.[Cl-]. The number of amides is 2. The highest BCUT2D eigenvalue weighted by Crippen LogP contribution is 2.23. The van der Waals surface area contributed by atoms with Crippen molar-refractivity contribution in [3.63, 3.8) is 0 Å². The molecule has 0 aromatic heterocycles. The van der Waals surface area contributed by atoms with Crippen LogP contribution in [0.3, 0.4) is 0 Å². The highest BCUT2D eigenvalue weighted by molar-refractivity contribution is 6.31. The van der Waals surface area contributed by atoms with E-state index < -0.39 is 0 Å². The molecule has 1 aliphatic heterocycles. The van der Waals surface area contributed by atoms with E-state index in [0.717, 1.165) is 25.2 Å². The van der Waals surface area contributed by atoms with Gasteiger partial charge in [0.2, 0.25) is 11.8 Å². The summed E-state index contributed by atoms with van der Waals surface area (Å²) in [5.41, 5.74) is 2.33. The number of halogens is 3. The molecule has 1 aliphatic rings. The van der Waals surface area contributed by atoms with Crippen LogP contribution in [0.2, 0.25) is 5.02 Å². The van der Waals surface area contributed by atoms with Gasteiger partial charge in [0.15, 0.2) is 0 Å². The van der Waals surface area contributed by atoms with Crippen LogP contribution in [0.25, 0.3) is 6.08 Å². The summed E-state index contributed by atoms with van der Waals surface area (Å²) in [6.45, 7) is 6.28. The molecular formula is C23H25Cl2FN3O2-. The van der Waals surface area contributed by atoms with Crippen LogP contribution in [0.4, 0.5) is 10.1 Å². The van der Waals surface area contributed by atoms with Crippen LogP contribution in [-0.2, 0) is 16.1 Å². The number of hydrogen-bond donors (Lipinski definition) is 1. The number of carbonyl (C=O) groups excluding carboxylic acids is 2. The predicted octanol–water partition coefficient (Wildman–Crippen LogP) is 1.19. The van der Waals surface area contributed by atoms with Gasteiger partial charge in [0, 0.05) is 55.9 Å². The van der Waals surface area contributed by atoms with Gasteiger partial charge in [-0.05, 0) is 48.4 Å². The number of nitrogens with zero attached hydrogens (tertiary/aromatic N) is 2. The van der Waals surface area contributed by atoms with Crippen LogP contribution in [0.1, 0.15) is 25.0 Å². The van der Waals surface area contributed by atoms with E-state index in [4.69, 9.17) is 11.6 Å². The van der Waals surface area contributed by atoms with Gasteiger partial charge in [-0.2, -0.15) is 0 Å². The lowest BCUT2D eigenvalue weighted by Gasteiger charge is -2.39. The molecule has 1 atom stereocenters. The molecule has 166 valence electrons. The molecule has 8 heteroatoms. The fraction of sp³-hybridized carbons (Fsp3) is 0.304. The average molecular weight is 465 g/mol. The maximum absolute atomic E-state index is 13.1. The quantitative estimate of drug-likeness (QED) is 0.676. The molecule has 0 aliphatic carbocycles. The van der Waals surface area contributed by atoms with E-state index in [1.165, 1.54) is 25.1 Å². The van der Waals surface area contributed by atoms with Crippen molar-refractivity contribution in [2.45, 2.75) is 26.4 Å². The molecule has 0 saturated carbocycles. The Bertz CT molecular complexity index is 950. The number of nitrogens with one attached hydrogen (secondary N) is 1. The van der Waals surface area contributed by atoms with Crippen LogP contribution in [-0.4, -0.2) is 47.3 Å². The molecule has 2 amide bonds. The van der Waals surface area contributed by atoms with Crippen molar-refractivity contribution in [3.8, 4) is 0 Å². The van der Waals surface area contributed by atoms with Crippen molar-refractivity contribution in [2.24, 2.45) is 0 Å². The fourth-order valence-corrected chi connectivity index (χ4v) is 3.75. The van der Waals surface area contributed by atoms with Gasteiger partial charge >= 0.3 is 0 Å². The molecular weight excluding hydrogens is 440 g/mol. The fourth-order valence-electron chi connectivity index (χ4n) is 3.58. The lowest BCUT2D eigenvalue weighted by atomic mass is 10.1. The van der Waals surface area contributed by atoms with Crippen LogP contribution < -0.4 is 17.7 Å². The Morgan fingerprint density at radius 2 is 1.90 bits per heavy atom. The molecule has 3 rings (SSSR count). The van der Waals surface area contributed by atoms with Crippen LogP contribution in [0.15, 0.2) is 48.5 Å². The van der Waals surface area contributed by atoms with E-state index in [9.17, 15) is 14.0 Å². The number of benzene rings is 2. The third kappa shape index (κ3) is 7.06. The molecule has 0 radical (unpaired) electrons. The minimum atomic E-state index is -0.239. The standard InChI is InChI=1S/C23H25ClFN3O2.ClH/c1-16-14-27(15-18-3-8-21(25)9-4-18)11-12-28(16)23(30)10-6-19-5-7-20(24)13-22(19)26-17(2)29;/h3-10,13,16H,11-12,14-15H2,1-2H3,(H,26,29);1H/p-1. The van der Waals surface area contributed by atoms with E-state index in [1.54, 1.807) is 36.4 Å². The smallest absolute Gasteiger partial charge is 0.246 e. The van der Waals surface area contributed by atoms with Gasteiger partial charge in [-0.1, -0.05) is 29.8 Å². The van der Waals surface area contributed by atoms with Crippen LogP contribution in [0, 0.1) is 5.82 Å². The van der Waals surface area contributed by atoms with Crippen molar-refractivity contribution < 1.29 is 26.4 Å². The van der Waals surface area contributed by atoms with E-state index in [0.29, 0.717) is 22.8 Å². The van der Waals surface area contributed by atoms with Gasteiger partial charge in [0.1, 0.15) is 5.82 Å². The van der Waals surface area contributed by atoms with E-state index in [-0.39, 0.29) is 36.1 Å². The summed E-state index contributed by atoms with van der Waals surface area (Å²) in [5, 5.41) is 3.24. The normalized spacial score (nSPS) is 16.8.